The Bertz CT molecular complexity index is 860. The molecule has 0 saturated heterocycles. The van der Waals surface area contributed by atoms with Gasteiger partial charge < -0.3 is 15.4 Å². The summed E-state index contributed by atoms with van der Waals surface area (Å²) in [5, 5.41) is 14.0. The molecule has 0 fully saturated rings. The number of anilines is 3. The average molecular weight is 348 g/mol. The molecule has 26 heavy (non-hydrogen) atoms. The number of carbonyl (C=O) groups excluding carboxylic acids is 1. The van der Waals surface area contributed by atoms with Crippen molar-refractivity contribution in [2.24, 2.45) is 0 Å². The molecule has 1 aromatic heterocycles. The minimum Gasteiger partial charge on any atom is -0.494 e. The van der Waals surface area contributed by atoms with Crippen LogP contribution in [-0.4, -0.2) is 22.7 Å². The van der Waals surface area contributed by atoms with Crippen molar-refractivity contribution in [3.8, 4) is 5.75 Å². The van der Waals surface area contributed by atoms with Crippen molar-refractivity contribution < 1.29 is 9.53 Å². The second kappa shape index (κ2) is 8.11. The molecule has 0 atom stereocenters. The standard InChI is InChI=1S/C20H20N4O2/c1-3-26-17-10-8-16(9-11-17)22-20(25)18-12-13-19(24-23-18)21-15-6-4-14(2)5-7-15/h4-13H,3H2,1-2H3,(H,21,24)(H,22,25). The molecule has 3 rings (SSSR count). The summed E-state index contributed by atoms with van der Waals surface area (Å²) < 4.78 is 5.38. The summed E-state index contributed by atoms with van der Waals surface area (Å²) in [6.45, 7) is 4.55. The molecule has 132 valence electrons. The van der Waals surface area contributed by atoms with E-state index in [4.69, 9.17) is 4.74 Å². The van der Waals surface area contributed by atoms with E-state index in [1.165, 1.54) is 5.56 Å². The number of carbonyl (C=O) groups is 1. The van der Waals surface area contributed by atoms with Crippen molar-refractivity contribution in [3.05, 3.63) is 71.9 Å². The number of aromatic nitrogens is 2. The molecule has 0 radical (unpaired) electrons. The van der Waals surface area contributed by atoms with Crippen LogP contribution in [0.15, 0.2) is 60.7 Å². The van der Waals surface area contributed by atoms with Crippen LogP contribution in [0.2, 0.25) is 0 Å². The molecule has 1 heterocycles. The fourth-order valence-electron chi connectivity index (χ4n) is 2.30. The van der Waals surface area contributed by atoms with Crippen molar-refractivity contribution >= 4 is 23.1 Å². The van der Waals surface area contributed by atoms with Gasteiger partial charge in [-0.3, -0.25) is 4.79 Å². The number of nitrogens with zero attached hydrogens (tertiary/aromatic N) is 2. The lowest BCUT2D eigenvalue weighted by molar-refractivity contribution is 0.102. The van der Waals surface area contributed by atoms with Gasteiger partial charge in [-0.15, -0.1) is 10.2 Å². The lowest BCUT2D eigenvalue weighted by Crippen LogP contribution is -2.14. The summed E-state index contributed by atoms with van der Waals surface area (Å²) >= 11 is 0. The Morgan fingerprint density at radius 1 is 0.923 bits per heavy atom. The van der Waals surface area contributed by atoms with Crippen LogP contribution in [0.4, 0.5) is 17.2 Å². The van der Waals surface area contributed by atoms with Gasteiger partial charge in [0.1, 0.15) is 5.75 Å². The lowest BCUT2D eigenvalue weighted by atomic mass is 10.2. The number of hydrogen-bond donors (Lipinski definition) is 2. The van der Waals surface area contributed by atoms with Gasteiger partial charge in [0.05, 0.1) is 6.61 Å². The Morgan fingerprint density at radius 2 is 1.62 bits per heavy atom. The van der Waals surface area contributed by atoms with Crippen molar-refractivity contribution in [1.82, 2.24) is 10.2 Å². The Labute approximate surface area is 152 Å². The molecule has 0 unspecified atom stereocenters. The van der Waals surface area contributed by atoms with E-state index in [1.807, 2.05) is 38.1 Å². The Hall–Kier alpha value is -3.41. The Morgan fingerprint density at radius 3 is 2.23 bits per heavy atom. The number of rotatable bonds is 6. The molecule has 0 aliphatic carbocycles. The van der Waals surface area contributed by atoms with Crippen LogP contribution >= 0.6 is 0 Å². The van der Waals surface area contributed by atoms with Crippen LogP contribution in [0.1, 0.15) is 23.0 Å². The van der Waals surface area contributed by atoms with Gasteiger partial charge in [-0.25, -0.2) is 0 Å². The highest BCUT2D eigenvalue weighted by Gasteiger charge is 2.09. The largest absolute Gasteiger partial charge is 0.494 e. The van der Waals surface area contributed by atoms with Gasteiger partial charge in [-0.2, -0.15) is 0 Å². The zero-order chi connectivity index (χ0) is 18.4. The van der Waals surface area contributed by atoms with Gasteiger partial charge in [-0.05, 0) is 62.4 Å². The highest BCUT2D eigenvalue weighted by Crippen LogP contribution is 2.17. The molecule has 0 saturated carbocycles. The lowest BCUT2D eigenvalue weighted by Gasteiger charge is -2.08. The van der Waals surface area contributed by atoms with E-state index in [9.17, 15) is 4.79 Å². The smallest absolute Gasteiger partial charge is 0.276 e. The summed E-state index contributed by atoms with van der Waals surface area (Å²) in [5.74, 6) is 1.02. The van der Waals surface area contributed by atoms with E-state index >= 15 is 0 Å². The fourth-order valence-corrected chi connectivity index (χ4v) is 2.30. The second-order valence-corrected chi connectivity index (χ2v) is 5.71. The maximum absolute atomic E-state index is 12.3. The van der Waals surface area contributed by atoms with Crippen LogP contribution in [0.25, 0.3) is 0 Å². The zero-order valence-electron chi connectivity index (χ0n) is 14.7. The first-order valence-corrected chi connectivity index (χ1v) is 8.35. The first-order chi connectivity index (χ1) is 12.6. The third kappa shape index (κ3) is 4.57. The minimum atomic E-state index is -0.316. The molecule has 0 aliphatic heterocycles. The van der Waals surface area contributed by atoms with Crippen LogP contribution < -0.4 is 15.4 Å². The van der Waals surface area contributed by atoms with E-state index in [-0.39, 0.29) is 11.6 Å². The molecule has 6 nitrogen and oxygen atoms in total. The Balaban J connectivity index is 1.62. The molecule has 2 aromatic carbocycles. The molecule has 1 amide bonds. The van der Waals surface area contributed by atoms with Crippen molar-refractivity contribution in [2.45, 2.75) is 13.8 Å². The minimum absolute atomic E-state index is 0.244. The van der Waals surface area contributed by atoms with Gasteiger partial charge in [-0.1, -0.05) is 17.7 Å². The van der Waals surface area contributed by atoms with Gasteiger partial charge in [0.25, 0.3) is 5.91 Å². The van der Waals surface area contributed by atoms with Crippen LogP contribution in [0.5, 0.6) is 5.75 Å². The van der Waals surface area contributed by atoms with E-state index in [2.05, 4.69) is 20.8 Å². The second-order valence-electron chi connectivity index (χ2n) is 5.71. The van der Waals surface area contributed by atoms with E-state index in [1.54, 1.807) is 36.4 Å². The summed E-state index contributed by atoms with van der Waals surface area (Å²) in [7, 11) is 0. The number of ether oxygens (including phenoxy) is 1. The highest BCUT2D eigenvalue weighted by atomic mass is 16.5. The molecular weight excluding hydrogens is 328 g/mol. The van der Waals surface area contributed by atoms with Gasteiger partial charge >= 0.3 is 0 Å². The number of hydrogen-bond acceptors (Lipinski definition) is 5. The van der Waals surface area contributed by atoms with Crippen molar-refractivity contribution in [1.29, 1.82) is 0 Å². The van der Waals surface area contributed by atoms with Crippen LogP contribution in [0.3, 0.4) is 0 Å². The number of aryl methyl sites for hydroxylation is 1. The van der Waals surface area contributed by atoms with E-state index in [0.29, 0.717) is 18.1 Å². The average Bonchev–Trinajstić information content (AvgIpc) is 2.66. The molecular formula is C20H20N4O2. The highest BCUT2D eigenvalue weighted by molar-refractivity contribution is 6.02. The third-order valence-corrected chi connectivity index (χ3v) is 3.64. The molecule has 2 N–H and O–H groups in total. The first-order valence-electron chi connectivity index (χ1n) is 8.35. The van der Waals surface area contributed by atoms with Crippen LogP contribution in [0, 0.1) is 6.92 Å². The fraction of sp³-hybridized carbons (Fsp3) is 0.150. The van der Waals surface area contributed by atoms with E-state index < -0.39 is 0 Å². The predicted molar refractivity (Wildman–Crippen MR) is 102 cm³/mol. The van der Waals surface area contributed by atoms with Gasteiger partial charge in [0, 0.05) is 11.4 Å². The maximum atomic E-state index is 12.3. The van der Waals surface area contributed by atoms with E-state index in [0.717, 1.165) is 11.4 Å². The number of nitrogens with one attached hydrogen (secondary N) is 2. The normalized spacial score (nSPS) is 10.2. The third-order valence-electron chi connectivity index (χ3n) is 3.64. The summed E-state index contributed by atoms with van der Waals surface area (Å²) in [6, 6.07) is 18.5. The predicted octanol–water partition coefficient (Wildman–Crippen LogP) is 4.18. The molecule has 0 spiro atoms. The Kier molecular flexibility index (Phi) is 5.43. The van der Waals surface area contributed by atoms with Crippen molar-refractivity contribution in [2.75, 3.05) is 17.2 Å². The number of benzene rings is 2. The quantitative estimate of drug-likeness (QED) is 0.699. The monoisotopic (exact) mass is 348 g/mol. The summed E-state index contributed by atoms with van der Waals surface area (Å²) in [6.07, 6.45) is 0. The molecule has 6 heteroatoms. The molecule has 0 bridgehead atoms. The topological polar surface area (TPSA) is 76.1 Å². The van der Waals surface area contributed by atoms with Gasteiger partial charge in [0.2, 0.25) is 0 Å². The summed E-state index contributed by atoms with van der Waals surface area (Å²) in [4.78, 5) is 12.3. The zero-order valence-corrected chi connectivity index (χ0v) is 14.7. The first kappa shape index (κ1) is 17.4. The number of amides is 1. The summed E-state index contributed by atoms with van der Waals surface area (Å²) in [5.41, 5.74) is 3.01. The molecule has 3 aromatic rings. The maximum Gasteiger partial charge on any atom is 0.276 e. The van der Waals surface area contributed by atoms with Crippen LogP contribution in [-0.2, 0) is 0 Å². The molecule has 0 aliphatic rings. The van der Waals surface area contributed by atoms with Gasteiger partial charge in [0.15, 0.2) is 11.5 Å². The SMILES string of the molecule is CCOc1ccc(NC(=O)c2ccc(Nc3ccc(C)cc3)nn2)cc1. The van der Waals surface area contributed by atoms with Crippen molar-refractivity contribution in [3.63, 3.8) is 0 Å².